The monoisotopic (exact) mass is 345 g/mol. The minimum Gasteiger partial charge on any atom is -0.384 e. The summed E-state index contributed by atoms with van der Waals surface area (Å²) in [4.78, 5) is 16.7. The topological polar surface area (TPSA) is 54.0 Å². The number of rotatable bonds is 2. The lowest BCUT2D eigenvalue weighted by Gasteiger charge is -2.25. The van der Waals surface area contributed by atoms with Crippen LogP contribution in [0.1, 0.15) is 11.3 Å². The zero-order chi connectivity index (χ0) is 14.8. The van der Waals surface area contributed by atoms with Crippen LogP contribution in [0, 0.1) is 12.8 Å². The molecule has 1 atom stereocenters. The second-order valence-electron chi connectivity index (χ2n) is 5.20. The van der Waals surface area contributed by atoms with Crippen molar-refractivity contribution in [1.29, 1.82) is 0 Å². The number of hydrogen-bond acceptors (Lipinski definition) is 3. The molecule has 0 saturated heterocycles. The number of carbonyl (C=O) groups excluding carboxylic acids is 1. The highest BCUT2D eigenvalue weighted by atomic mass is 79.9. The van der Waals surface area contributed by atoms with Gasteiger partial charge in [0.25, 0.3) is 0 Å². The van der Waals surface area contributed by atoms with Gasteiger partial charge in [0.2, 0.25) is 5.91 Å². The molecule has 0 bridgehead atoms. The molecule has 2 aromatic rings. The smallest absolute Gasteiger partial charge is 0.229 e. The number of nitrogens with one attached hydrogen (secondary N) is 2. The Balaban J connectivity index is 1.72. The van der Waals surface area contributed by atoms with Gasteiger partial charge in [-0.15, -0.1) is 0 Å². The van der Waals surface area contributed by atoms with Crippen molar-refractivity contribution >= 4 is 33.2 Å². The lowest BCUT2D eigenvalue weighted by Crippen LogP contribution is -2.33. The highest BCUT2D eigenvalue weighted by Crippen LogP contribution is 2.25. The van der Waals surface area contributed by atoms with E-state index in [2.05, 4.69) is 37.6 Å². The number of hydrogen-bond donors (Lipinski definition) is 2. The summed E-state index contributed by atoms with van der Waals surface area (Å²) in [5.74, 6) is -0.0350. The van der Waals surface area contributed by atoms with E-state index in [1.165, 1.54) is 5.56 Å². The Labute approximate surface area is 132 Å². The molecule has 21 heavy (non-hydrogen) atoms. The predicted molar refractivity (Wildman–Crippen MR) is 87.4 cm³/mol. The molecule has 0 saturated carbocycles. The lowest BCUT2D eigenvalue weighted by atomic mass is 9.93. The number of aromatic nitrogens is 1. The van der Waals surface area contributed by atoms with E-state index < -0.39 is 0 Å². The van der Waals surface area contributed by atoms with Crippen LogP contribution in [0.2, 0.25) is 0 Å². The standard InChI is InChI=1S/C16H16BrN3O/c1-10-13(6-7-15(17)19-10)20-16(21)12-8-11-4-2-3-5-14(11)18-9-12/h2-7,12,18H,8-9H2,1H3,(H,20,21). The first-order valence-electron chi connectivity index (χ1n) is 6.89. The fourth-order valence-electron chi connectivity index (χ4n) is 2.52. The fourth-order valence-corrected chi connectivity index (χ4v) is 2.92. The normalized spacial score (nSPS) is 16.8. The summed E-state index contributed by atoms with van der Waals surface area (Å²) in [6.45, 7) is 2.54. The maximum atomic E-state index is 12.4. The molecular weight excluding hydrogens is 330 g/mol. The van der Waals surface area contributed by atoms with E-state index in [0.29, 0.717) is 6.54 Å². The minimum atomic E-state index is -0.0667. The average Bonchev–Trinajstić information content (AvgIpc) is 2.49. The number of carbonyl (C=O) groups is 1. The fraction of sp³-hybridized carbons (Fsp3) is 0.250. The lowest BCUT2D eigenvalue weighted by molar-refractivity contribution is -0.119. The number of fused-ring (bicyclic) bond motifs is 1. The summed E-state index contributed by atoms with van der Waals surface area (Å²) < 4.78 is 0.770. The molecule has 2 heterocycles. The van der Waals surface area contributed by atoms with Crippen LogP contribution in [0.15, 0.2) is 41.0 Å². The molecule has 0 fully saturated rings. The number of anilines is 2. The molecule has 3 rings (SSSR count). The van der Waals surface area contributed by atoms with E-state index in [-0.39, 0.29) is 11.8 Å². The van der Waals surface area contributed by atoms with Crippen molar-refractivity contribution in [3.63, 3.8) is 0 Å². The van der Waals surface area contributed by atoms with Crippen molar-refractivity contribution < 1.29 is 4.79 Å². The molecule has 2 N–H and O–H groups in total. The van der Waals surface area contributed by atoms with Crippen molar-refractivity contribution in [2.24, 2.45) is 5.92 Å². The highest BCUT2D eigenvalue weighted by Gasteiger charge is 2.24. The van der Waals surface area contributed by atoms with Crippen molar-refractivity contribution in [3.05, 3.63) is 52.3 Å². The summed E-state index contributed by atoms with van der Waals surface area (Å²) in [5, 5.41) is 6.29. The van der Waals surface area contributed by atoms with Crippen molar-refractivity contribution in [1.82, 2.24) is 4.98 Å². The van der Waals surface area contributed by atoms with Gasteiger partial charge in [0.15, 0.2) is 0 Å². The summed E-state index contributed by atoms with van der Waals surface area (Å²) in [5.41, 5.74) is 3.89. The summed E-state index contributed by atoms with van der Waals surface area (Å²) in [7, 11) is 0. The van der Waals surface area contributed by atoms with E-state index in [1.54, 1.807) is 0 Å². The van der Waals surface area contributed by atoms with E-state index in [9.17, 15) is 4.79 Å². The number of halogens is 1. The number of pyridine rings is 1. The number of benzene rings is 1. The Morgan fingerprint density at radius 1 is 1.33 bits per heavy atom. The van der Waals surface area contributed by atoms with Gasteiger partial charge >= 0.3 is 0 Å². The molecule has 0 radical (unpaired) electrons. The summed E-state index contributed by atoms with van der Waals surface area (Å²) in [6.07, 6.45) is 0.762. The zero-order valence-electron chi connectivity index (χ0n) is 11.7. The Morgan fingerprint density at radius 3 is 2.95 bits per heavy atom. The van der Waals surface area contributed by atoms with Crippen LogP contribution in [0.25, 0.3) is 0 Å². The number of amides is 1. The highest BCUT2D eigenvalue weighted by molar-refractivity contribution is 9.10. The van der Waals surface area contributed by atoms with Crippen LogP contribution in [-0.2, 0) is 11.2 Å². The first-order valence-corrected chi connectivity index (χ1v) is 7.68. The number of aryl methyl sites for hydroxylation is 1. The zero-order valence-corrected chi connectivity index (χ0v) is 13.3. The molecule has 1 aromatic heterocycles. The van der Waals surface area contributed by atoms with Gasteiger partial charge in [-0.2, -0.15) is 0 Å². The first kappa shape index (κ1) is 14.1. The van der Waals surface area contributed by atoms with Crippen LogP contribution in [-0.4, -0.2) is 17.4 Å². The van der Waals surface area contributed by atoms with Gasteiger partial charge in [0.05, 0.1) is 17.3 Å². The molecule has 1 unspecified atom stereocenters. The van der Waals surface area contributed by atoms with E-state index in [0.717, 1.165) is 28.1 Å². The Kier molecular flexibility index (Phi) is 3.92. The molecule has 1 aliphatic rings. The molecule has 5 heteroatoms. The summed E-state index contributed by atoms with van der Waals surface area (Å²) >= 11 is 3.32. The van der Waals surface area contributed by atoms with Gasteiger partial charge in [-0.1, -0.05) is 18.2 Å². The Morgan fingerprint density at radius 2 is 2.14 bits per heavy atom. The third kappa shape index (κ3) is 3.08. The van der Waals surface area contributed by atoms with Gasteiger partial charge < -0.3 is 10.6 Å². The van der Waals surface area contributed by atoms with Crippen LogP contribution >= 0.6 is 15.9 Å². The van der Waals surface area contributed by atoms with Crippen LogP contribution < -0.4 is 10.6 Å². The molecular formula is C16H16BrN3O. The second kappa shape index (κ2) is 5.85. The number of para-hydroxylation sites is 1. The van der Waals surface area contributed by atoms with Crippen LogP contribution in [0.3, 0.4) is 0 Å². The van der Waals surface area contributed by atoms with Crippen molar-refractivity contribution in [2.75, 3.05) is 17.2 Å². The van der Waals surface area contributed by atoms with Crippen molar-refractivity contribution in [3.8, 4) is 0 Å². The Bertz CT molecular complexity index is 687. The Hall–Kier alpha value is -1.88. The summed E-state index contributed by atoms with van der Waals surface area (Å²) in [6, 6.07) is 11.8. The SMILES string of the molecule is Cc1nc(Br)ccc1NC(=O)C1CNc2ccccc2C1. The van der Waals surface area contributed by atoms with Crippen LogP contribution in [0.4, 0.5) is 11.4 Å². The predicted octanol–water partition coefficient (Wildman–Crippen LogP) is 3.38. The van der Waals surface area contributed by atoms with Gasteiger partial charge in [-0.25, -0.2) is 4.98 Å². The van der Waals surface area contributed by atoms with Gasteiger partial charge in [-0.05, 0) is 53.0 Å². The van der Waals surface area contributed by atoms with E-state index in [4.69, 9.17) is 0 Å². The largest absolute Gasteiger partial charge is 0.384 e. The third-order valence-corrected chi connectivity index (χ3v) is 4.14. The molecule has 108 valence electrons. The quantitative estimate of drug-likeness (QED) is 0.820. The van der Waals surface area contributed by atoms with Crippen molar-refractivity contribution in [2.45, 2.75) is 13.3 Å². The molecule has 1 aromatic carbocycles. The molecule has 0 aliphatic carbocycles. The molecule has 0 spiro atoms. The maximum Gasteiger partial charge on any atom is 0.229 e. The van der Waals surface area contributed by atoms with E-state index >= 15 is 0 Å². The minimum absolute atomic E-state index is 0.0317. The third-order valence-electron chi connectivity index (χ3n) is 3.70. The average molecular weight is 346 g/mol. The van der Waals surface area contributed by atoms with Crippen LogP contribution in [0.5, 0.6) is 0 Å². The van der Waals surface area contributed by atoms with Gasteiger partial charge in [0.1, 0.15) is 4.60 Å². The maximum absolute atomic E-state index is 12.4. The van der Waals surface area contributed by atoms with Gasteiger partial charge in [0, 0.05) is 12.2 Å². The van der Waals surface area contributed by atoms with E-state index in [1.807, 2.05) is 37.3 Å². The second-order valence-corrected chi connectivity index (χ2v) is 6.01. The molecule has 1 amide bonds. The van der Waals surface area contributed by atoms with Gasteiger partial charge in [-0.3, -0.25) is 4.79 Å². The molecule has 1 aliphatic heterocycles. The number of nitrogens with zero attached hydrogens (tertiary/aromatic N) is 1. The molecule has 4 nitrogen and oxygen atoms in total. The first-order chi connectivity index (χ1) is 10.1.